The Morgan fingerprint density at radius 1 is 1.12 bits per heavy atom. The number of rotatable bonds is 7. The summed E-state index contributed by atoms with van der Waals surface area (Å²) in [5.41, 5.74) is -0.709. The molecule has 2 aromatic carbocycles. The third kappa shape index (κ3) is 4.10. The number of para-hydroxylation sites is 1. The predicted molar refractivity (Wildman–Crippen MR) is 93.4 cm³/mol. The number of carbonyl (C=O) groups is 1. The highest BCUT2D eigenvalue weighted by Gasteiger charge is 2.44. The van der Waals surface area contributed by atoms with E-state index in [-0.39, 0.29) is 12.8 Å². The molecule has 0 aliphatic rings. The first-order valence-electron chi connectivity index (χ1n) is 7.88. The average molecular weight is 326 g/mol. The maximum Gasteiger partial charge on any atom is 0.346 e. The van der Waals surface area contributed by atoms with Crippen LogP contribution in [0, 0.1) is 0 Å². The van der Waals surface area contributed by atoms with Gasteiger partial charge in [0.25, 0.3) is 0 Å². The molecular formula is C20H22O4. The third-order valence-corrected chi connectivity index (χ3v) is 3.91. The van der Waals surface area contributed by atoms with E-state index < -0.39 is 17.7 Å². The minimum absolute atomic E-state index is 0.113. The first-order valence-corrected chi connectivity index (χ1v) is 7.88. The second-order valence-corrected chi connectivity index (χ2v) is 5.70. The van der Waals surface area contributed by atoms with Crippen LogP contribution < -0.4 is 4.74 Å². The van der Waals surface area contributed by atoms with E-state index in [2.05, 4.69) is 6.58 Å². The van der Waals surface area contributed by atoms with Crippen LogP contribution in [0.1, 0.15) is 25.3 Å². The molecule has 0 fully saturated rings. The quantitative estimate of drug-likeness (QED) is 0.606. The highest BCUT2D eigenvalue weighted by molar-refractivity contribution is 5.85. The van der Waals surface area contributed by atoms with Gasteiger partial charge in [0, 0.05) is 6.42 Å². The summed E-state index contributed by atoms with van der Waals surface area (Å²) in [6.45, 7) is 5.63. The number of aliphatic hydroxyl groups excluding tert-OH is 1. The highest BCUT2D eigenvalue weighted by Crippen LogP contribution is 2.29. The fourth-order valence-electron chi connectivity index (χ4n) is 2.45. The number of hydrogen-bond acceptors (Lipinski definition) is 4. The number of benzene rings is 2. The second kappa shape index (κ2) is 7.90. The van der Waals surface area contributed by atoms with Gasteiger partial charge in [0.1, 0.15) is 5.75 Å². The van der Waals surface area contributed by atoms with E-state index in [0.717, 1.165) is 5.56 Å². The molecular weight excluding hydrogens is 304 g/mol. The summed E-state index contributed by atoms with van der Waals surface area (Å²) < 4.78 is 5.25. The van der Waals surface area contributed by atoms with Crippen molar-refractivity contribution in [1.82, 2.24) is 0 Å². The van der Waals surface area contributed by atoms with Crippen LogP contribution >= 0.6 is 0 Å². The Hall–Kier alpha value is -2.43. The minimum Gasteiger partial charge on any atom is -0.424 e. The summed E-state index contributed by atoms with van der Waals surface area (Å²) >= 11 is 0. The minimum atomic E-state index is -2.06. The Labute approximate surface area is 142 Å². The third-order valence-electron chi connectivity index (χ3n) is 3.91. The van der Waals surface area contributed by atoms with E-state index in [0.29, 0.717) is 11.3 Å². The van der Waals surface area contributed by atoms with E-state index in [4.69, 9.17) is 4.74 Å². The van der Waals surface area contributed by atoms with E-state index in [9.17, 15) is 15.0 Å². The summed E-state index contributed by atoms with van der Waals surface area (Å²) in [4.78, 5) is 12.5. The van der Waals surface area contributed by atoms with Crippen molar-refractivity contribution in [3.8, 4) is 5.75 Å². The lowest BCUT2D eigenvalue weighted by Gasteiger charge is -2.31. The van der Waals surface area contributed by atoms with Gasteiger partial charge in [-0.25, -0.2) is 4.79 Å². The maximum atomic E-state index is 12.5. The molecule has 0 radical (unpaired) electrons. The largest absolute Gasteiger partial charge is 0.424 e. The second-order valence-electron chi connectivity index (χ2n) is 5.70. The summed E-state index contributed by atoms with van der Waals surface area (Å²) in [5.74, 6) is -0.574. The summed E-state index contributed by atoms with van der Waals surface area (Å²) in [6, 6.07) is 17.7. The SMILES string of the molecule is C=C(C[C@@](O)(C(=O)Oc1ccccc1)[C@H](O)CC)c1ccccc1. The van der Waals surface area contributed by atoms with Crippen molar-refractivity contribution in [2.24, 2.45) is 0 Å². The van der Waals surface area contributed by atoms with Crippen molar-refractivity contribution in [2.75, 3.05) is 0 Å². The predicted octanol–water partition coefficient (Wildman–Crippen LogP) is 3.20. The lowest BCUT2D eigenvalue weighted by atomic mass is 9.85. The van der Waals surface area contributed by atoms with Crippen molar-refractivity contribution in [3.05, 3.63) is 72.8 Å². The smallest absolute Gasteiger partial charge is 0.346 e. The molecule has 2 aromatic rings. The van der Waals surface area contributed by atoms with Gasteiger partial charge in [0.2, 0.25) is 0 Å². The number of hydrogen-bond donors (Lipinski definition) is 2. The molecule has 0 saturated carbocycles. The van der Waals surface area contributed by atoms with Gasteiger partial charge in [-0.15, -0.1) is 0 Å². The molecule has 0 heterocycles. The van der Waals surface area contributed by atoms with Gasteiger partial charge in [-0.1, -0.05) is 62.0 Å². The number of ether oxygens (including phenoxy) is 1. The summed E-state index contributed by atoms with van der Waals surface area (Å²) in [6.07, 6.45) is -1.16. The molecule has 0 aliphatic heterocycles. The van der Waals surface area contributed by atoms with Gasteiger partial charge in [-0.05, 0) is 29.7 Å². The Bertz CT molecular complexity index is 681. The van der Waals surface area contributed by atoms with Gasteiger partial charge in [0.15, 0.2) is 5.60 Å². The molecule has 4 nitrogen and oxygen atoms in total. The van der Waals surface area contributed by atoms with Crippen LogP contribution in [0.5, 0.6) is 5.75 Å². The van der Waals surface area contributed by atoms with Crippen LogP contribution in [0.15, 0.2) is 67.2 Å². The average Bonchev–Trinajstić information content (AvgIpc) is 2.62. The van der Waals surface area contributed by atoms with E-state index in [1.54, 1.807) is 37.3 Å². The van der Waals surface area contributed by atoms with Crippen LogP contribution in [-0.2, 0) is 4.79 Å². The molecule has 0 saturated heterocycles. The van der Waals surface area contributed by atoms with Crippen LogP contribution in [0.4, 0.5) is 0 Å². The lowest BCUT2D eigenvalue weighted by molar-refractivity contribution is -0.167. The Morgan fingerprint density at radius 3 is 2.21 bits per heavy atom. The van der Waals surface area contributed by atoms with Gasteiger partial charge < -0.3 is 14.9 Å². The molecule has 2 atom stereocenters. The maximum absolute atomic E-state index is 12.5. The zero-order chi connectivity index (χ0) is 17.6. The van der Waals surface area contributed by atoms with Crippen molar-refractivity contribution in [2.45, 2.75) is 31.5 Å². The standard InChI is InChI=1S/C20H22O4/c1-3-18(21)20(23,14-15(2)16-10-6-4-7-11-16)19(22)24-17-12-8-5-9-13-17/h4-13,18,21,23H,2-3,14H2,1H3/t18-,20+/m1/s1. The Kier molecular flexibility index (Phi) is 5.90. The molecule has 0 aromatic heterocycles. The van der Waals surface area contributed by atoms with Crippen molar-refractivity contribution < 1.29 is 19.7 Å². The topological polar surface area (TPSA) is 66.8 Å². The molecule has 126 valence electrons. The molecule has 2 rings (SSSR count). The van der Waals surface area contributed by atoms with Gasteiger partial charge in [-0.3, -0.25) is 0 Å². The normalized spacial score (nSPS) is 14.5. The first kappa shape index (κ1) is 17.9. The Morgan fingerprint density at radius 2 is 1.67 bits per heavy atom. The lowest BCUT2D eigenvalue weighted by Crippen LogP contribution is -2.51. The van der Waals surface area contributed by atoms with Crippen LogP contribution in [0.2, 0.25) is 0 Å². The van der Waals surface area contributed by atoms with Crippen molar-refractivity contribution in [3.63, 3.8) is 0 Å². The molecule has 2 N–H and O–H groups in total. The fourth-order valence-corrected chi connectivity index (χ4v) is 2.45. The zero-order valence-corrected chi connectivity index (χ0v) is 13.7. The summed E-state index contributed by atoms with van der Waals surface area (Å²) in [5, 5.41) is 21.1. The molecule has 0 spiro atoms. The van der Waals surface area contributed by atoms with Crippen LogP contribution in [-0.4, -0.2) is 27.9 Å². The monoisotopic (exact) mass is 326 g/mol. The van der Waals surface area contributed by atoms with E-state index in [1.165, 1.54) is 0 Å². The van der Waals surface area contributed by atoms with E-state index >= 15 is 0 Å². The highest BCUT2D eigenvalue weighted by atomic mass is 16.6. The fraction of sp³-hybridized carbons (Fsp3) is 0.250. The van der Waals surface area contributed by atoms with Crippen LogP contribution in [0.25, 0.3) is 5.57 Å². The number of carbonyl (C=O) groups excluding carboxylic acids is 1. The van der Waals surface area contributed by atoms with Gasteiger partial charge >= 0.3 is 5.97 Å². The van der Waals surface area contributed by atoms with E-state index in [1.807, 2.05) is 30.3 Å². The molecule has 0 amide bonds. The molecule has 0 unspecified atom stereocenters. The van der Waals surface area contributed by atoms with Crippen molar-refractivity contribution in [1.29, 1.82) is 0 Å². The number of esters is 1. The molecule has 0 bridgehead atoms. The van der Waals surface area contributed by atoms with Crippen LogP contribution in [0.3, 0.4) is 0 Å². The van der Waals surface area contributed by atoms with Crippen molar-refractivity contribution >= 4 is 11.5 Å². The molecule has 0 aliphatic carbocycles. The number of aliphatic hydroxyl groups is 2. The molecule has 24 heavy (non-hydrogen) atoms. The first-order chi connectivity index (χ1) is 11.5. The molecule has 4 heteroatoms. The van der Waals surface area contributed by atoms with Gasteiger partial charge in [0.05, 0.1) is 6.10 Å². The summed E-state index contributed by atoms with van der Waals surface area (Å²) in [7, 11) is 0. The Balaban J connectivity index is 2.22. The zero-order valence-electron chi connectivity index (χ0n) is 13.7. The van der Waals surface area contributed by atoms with Gasteiger partial charge in [-0.2, -0.15) is 0 Å².